The van der Waals surface area contributed by atoms with Gasteiger partial charge < -0.3 is 14.2 Å². The maximum atomic E-state index is 13.3. The summed E-state index contributed by atoms with van der Waals surface area (Å²) in [6.07, 6.45) is 0.609. The van der Waals surface area contributed by atoms with E-state index >= 15 is 0 Å². The fourth-order valence-electron chi connectivity index (χ4n) is 3.58. The van der Waals surface area contributed by atoms with Gasteiger partial charge in [0, 0.05) is 23.9 Å². The predicted molar refractivity (Wildman–Crippen MR) is 123 cm³/mol. The zero-order valence-electron chi connectivity index (χ0n) is 17.8. The molecule has 0 saturated heterocycles. The van der Waals surface area contributed by atoms with E-state index in [9.17, 15) is 9.59 Å². The van der Waals surface area contributed by atoms with Gasteiger partial charge in [-0.25, -0.2) is 4.98 Å². The summed E-state index contributed by atoms with van der Waals surface area (Å²) in [7, 11) is 0. The van der Waals surface area contributed by atoms with Gasteiger partial charge in [0.05, 0.1) is 17.8 Å². The number of hydrogen-bond donors (Lipinski definition) is 1. The topological polar surface area (TPSA) is 97.6 Å². The first kappa shape index (κ1) is 20.9. The van der Waals surface area contributed by atoms with Gasteiger partial charge in [-0.1, -0.05) is 46.8 Å². The van der Waals surface area contributed by atoms with Crippen LogP contribution in [0.3, 0.4) is 0 Å². The number of carbonyl (C=O) groups excluding carboxylic acids is 2. The molecule has 0 radical (unpaired) electrons. The molecule has 4 aromatic rings. The van der Waals surface area contributed by atoms with Crippen molar-refractivity contribution in [2.75, 3.05) is 11.9 Å². The van der Waals surface area contributed by atoms with Crippen LogP contribution in [0.5, 0.6) is 11.5 Å². The Morgan fingerprint density at radius 3 is 2.70 bits per heavy atom. The second kappa shape index (κ2) is 8.87. The highest BCUT2D eigenvalue weighted by atomic mass is 32.1. The lowest BCUT2D eigenvalue weighted by atomic mass is 10.1. The van der Waals surface area contributed by atoms with Crippen molar-refractivity contribution in [1.82, 2.24) is 15.0 Å². The van der Waals surface area contributed by atoms with Gasteiger partial charge in [0.2, 0.25) is 0 Å². The van der Waals surface area contributed by atoms with Crippen molar-refractivity contribution >= 4 is 28.3 Å². The number of benzene rings is 2. The minimum atomic E-state index is -0.377. The average molecular weight is 461 g/mol. The third-order valence-corrected chi connectivity index (χ3v) is 6.19. The quantitative estimate of drug-likeness (QED) is 0.464. The third kappa shape index (κ3) is 4.49. The molecule has 0 bridgehead atoms. The normalized spacial score (nSPS) is 12.8. The highest BCUT2D eigenvalue weighted by Gasteiger charge is 2.27. The Kier molecular flexibility index (Phi) is 5.62. The van der Waals surface area contributed by atoms with E-state index in [2.05, 4.69) is 15.5 Å². The Balaban J connectivity index is 1.31. The van der Waals surface area contributed by atoms with Crippen LogP contribution in [-0.2, 0) is 13.0 Å². The van der Waals surface area contributed by atoms with E-state index < -0.39 is 0 Å². The van der Waals surface area contributed by atoms with Crippen LogP contribution in [0.15, 0.2) is 65.2 Å². The number of aromatic nitrogens is 2. The molecule has 5 rings (SSSR count). The predicted octanol–water partition coefficient (Wildman–Crippen LogP) is 4.68. The molecule has 0 aliphatic carbocycles. The molecule has 1 aliphatic rings. The zero-order valence-corrected chi connectivity index (χ0v) is 18.6. The highest BCUT2D eigenvalue weighted by molar-refractivity contribution is 7.15. The van der Waals surface area contributed by atoms with E-state index in [-0.39, 0.29) is 17.5 Å². The van der Waals surface area contributed by atoms with Crippen LogP contribution in [0.25, 0.3) is 0 Å². The molecule has 166 valence electrons. The Bertz CT molecular complexity index is 1320. The first-order valence-corrected chi connectivity index (χ1v) is 11.2. The Hall–Kier alpha value is -3.98. The number of rotatable bonds is 5. The molecule has 3 heterocycles. The molecule has 0 saturated carbocycles. The number of anilines is 1. The molecule has 0 unspecified atom stereocenters. The number of para-hydroxylation sites is 2. The second-order valence-electron chi connectivity index (χ2n) is 7.55. The van der Waals surface area contributed by atoms with Crippen LogP contribution in [0.4, 0.5) is 5.13 Å². The van der Waals surface area contributed by atoms with Gasteiger partial charge in [-0.3, -0.25) is 14.9 Å². The van der Waals surface area contributed by atoms with Gasteiger partial charge in [-0.15, -0.1) is 0 Å². The fourth-order valence-corrected chi connectivity index (χ4v) is 4.59. The van der Waals surface area contributed by atoms with Gasteiger partial charge in [0.1, 0.15) is 17.3 Å². The smallest absolute Gasteiger partial charge is 0.279 e. The van der Waals surface area contributed by atoms with Crippen LogP contribution in [0.2, 0.25) is 0 Å². The number of carbonyl (C=O) groups is 2. The number of aryl methyl sites for hydroxylation is 1. The lowest BCUT2D eigenvalue weighted by molar-refractivity contribution is 0.0733. The summed E-state index contributed by atoms with van der Waals surface area (Å²) in [4.78, 5) is 32.9. The van der Waals surface area contributed by atoms with Crippen molar-refractivity contribution in [2.45, 2.75) is 19.9 Å². The van der Waals surface area contributed by atoms with Crippen molar-refractivity contribution in [2.24, 2.45) is 0 Å². The van der Waals surface area contributed by atoms with E-state index in [0.29, 0.717) is 47.5 Å². The minimum Gasteiger partial charge on any atom is -0.457 e. The maximum absolute atomic E-state index is 13.3. The van der Waals surface area contributed by atoms with E-state index in [1.165, 1.54) is 11.3 Å². The average Bonchev–Trinajstić information content (AvgIpc) is 3.44. The summed E-state index contributed by atoms with van der Waals surface area (Å²) in [5.74, 6) is 1.26. The molecule has 2 amide bonds. The number of nitrogens with zero attached hydrogens (tertiary/aromatic N) is 3. The van der Waals surface area contributed by atoms with Crippen molar-refractivity contribution in [3.05, 3.63) is 88.3 Å². The molecule has 33 heavy (non-hydrogen) atoms. The van der Waals surface area contributed by atoms with Gasteiger partial charge in [-0.05, 0) is 31.2 Å². The van der Waals surface area contributed by atoms with Crippen LogP contribution < -0.4 is 10.1 Å². The zero-order chi connectivity index (χ0) is 22.8. The van der Waals surface area contributed by atoms with Gasteiger partial charge >= 0.3 is 0 Å². The Labute approximate surface area is 193 Å². The van der Waals surface area contributed by atoms with Gasteiger partial charge in [0.15, 0.2) is 10.8 Å². The van der Waals surface area contributed by atoms with Gasteiger partial charge in [-0.2, -0.15) is 0 Å². The van der Waals surface area contributed by atoms with E-state index in [4.69, 9.17) is 9.26 Å². The van der Waals surface area contributed by atoms with Gasteiger partial charge in [0.25, 0.3) is 11.8 Å². The molecule has 0 atom stereocenters. The van der Waals surface area contributed by atoms with E-state index in [1.54, 1.807) is 30.0 Å². The Morgan fingerprint density at radius 2 is 1.91 bits per heavy atom. The molecule has 1 N–H and O–H groups in total. The fraction of sp³-hybridized carbons (Fsp3) is 0.167. The molecule has 9 heteroatoms. The summed E-state index contributed by atoms with van der Waals surface area (Å²) in [6.45, 7) is 2.68. The largest absolute Gasteiger partial charge is 0.457 e. The molecular weight excluding hydrogens is 440 g/mol. The van der Waals surface area contributed by atoms with Crippen LogP contribution in [-0.4, -0.2) is 33.4 Å². The minimum absolute atomic E-state index is 0.107. The maximum Gasteiger partial charge on any atom is 0.279 e. The molecule has 2 aromatic carbocycles. The standard InChI is InChI=1S/C24H20N4O4S/c1-15-13-19(27-32-15)22(29)26-24-25-18-11-12-28(14-21(18)33-24)23(30)17-9-5-6-10-20(17)31-16-7-3-2-4-8-16/h2-10,13H,11-12,14H2,1H3,(H,25,26,29). The van der Waals surface area contributed by atoms with Crippen molar-refractivity contribution in [3.63, 3.8) is 0 Å². The highest BCUT2D eigenvalue weighted by Crippen LogP contribution is 2.31. The van der Waals surface area contributed by atoms with E-state index in [0.717, 1.165) is 10.6 Å². The lowest BCUT2D eigenvalue weighted by Gasteiger charge is -2.26. The van der Waals surface area contributed by atoms with Crippen molar-refractivity contribution in [3.8, 4) is 11.5 Å². The molecule has 0 fully saturated rings. The summed E-state index contributed by atoms with van der Waals surface area (Å²) in [5, 5.41) is 6.97. The molecular formula is C24H20N4O4S. The first-order chi connectivity index (χ1) is 16.1. The SMILES string of the molecule is Cc1cc(C(=O)Nc2nc3c(s2)CN(C(=O)c2ccccc2Oc2ccccc2)CC3)no1. The summed E-state index contributed by atoms with van der Waals surface area (Å²) in [6, 6.07) is 18.2. The number of thiazole rings is 1. The summed E-state index contributed by atoms with van der Waals surface area (Å²) < 4.78 is 10.9. The number of nitrogens with one attached hydrogen (secondary N) is 1. The molecule has 8 nitrogen and oxygen atoms in total. The summed E-state index contributed by atoms with van der Waals surface area (Å²) >= 11 is 1.36. The Morgan fingerprint density at radius 1 is 1.12 bits per heavy atom. The molecule has 2 aromatic heterocycles. The number of ether oxygens (including phenoxy) is 1. The van der Waals surface area contributed by atoms with Crippen molar-refractivity contribution in [1.29, 1.82) is 0 Å². The van der Waals surface area contributed by atoms with Crippen LogP contribution in [0.1, 0.15) is 37.2 Å². The number of amides is 2. The lowest BCUT2D eigenvalue weighted by Crippen LogP contribution is -2.35. The monoisotopic (exact) mass is 460 g/mol. The van der Waals surface area contributed by atoms with E-state index in [1.807, 2.05) is 42.5 Å². The van der Waals surface area contributed by atoms with Crippen LogP contribution in [0, 0.1) is 6.92 Å². The second-order valence-corrected chi connectivity index (χ2v) is 8.64. The van der Waals surface area contributed by atoms with Crippen LogP contribution >= 0.6 is 11.3 Å². The number of hydrogen-bond acceptors (Lipinski definition) is 7. The number of fused-ring (bicyclic) bond motifs is 1. The third-order valence-electron chi connectivity index (χ3n) is 5.19. The first-order valence-electron chi connectivity index (χ1n) is 10.4. The summed E-state index contributed by atoms with van der Waals surface area (Å²) in [5.41, 5.74) is 1.60. The van der Waals surface area contributed by atoms with Crippen molar-refractivity contribution < 1.29 is 18.8 Å². The molecule has 1 aliphatic heterocycles. The molecule has 0 spiro atoms.